The van der Waals surface area contributed by atoms with Crippen LogP contribution in [0.15, 0.2) is 9.98 Å². The molecule has 0 aromatic rings. The van der Waals surface area contributed by atoms with Crippen LogP contribution >= 0.6 is 0 Å². The first-order chi connectivity index (χ1) is 7.26. The molecule has 0 aromatic carbocycles. The summed E-state index contributed by atoms with van der Waals surface area (Å²) in [6, 6.07) is 0. The molecule has 0 fully saturated rings. The van der Waals surface area contributed by atoms with Crippen molar-refractivity contribution in [3.63, 3.8) is 0 Å². The quantitative estimate of drug-likeness (QED) is 0.434. The Balaban J connectivity index is 4.14. The maximum atomic E-state index is 11.5. The molecule has 0 aromatic heterocycles. The molecule has 5 heteroatoms. The number of nitrogens with zero attached hydrogens (tertiary/aromatic N) is 2. The normalized spacial score (nSPS) is 11.0. The minimum atomic E-state index is -0.370. The topological polar surface area (TPSA) is 75.9 Å². The van der Waals surface area contributed by atoms with Crippen molar-refractivity contribution < 1.29 is 14.4 Å². The lowest BCUT2D eigenvalue weighted by molar-refractivity contribution is -0.119. The fourth-order valence-corrected chi connectivity index (χ4v) is 1.06. The van der Waals surface area contributed by atoms with Crippen LogP contribution in [0.5, 0.6) is 0 Å². The zero-order valence-corrected chi connectivity index (χ0v) is 8.31. The van der Waals surface area contributed by atoms with E-state index >= 15 is 0 Å². The molecule has 0 saturated carbocycles. The molecular weight excluding hydrogens is 196 g/mol. The monoisotopic (exact) mass is 208 g/mol. The van der Waals surface area contributed by atoms with Crippen molar-refractivity contribution in [1.82, 2.24) is 0 Å². The van der Waals surface area contributed by atoms with E-state index in [1.165, 1.54) is 18.6 Å². The third-order valence-electron chi connectivity index (χ3n) is 1.78. The standard InChI is InChI=1S/C10H12N2O3/c1-2-3-9(6-12-8-14)10(15)4-5-11-7-13/h4,9H,1-3,5-6H2. The summed E-state index contributed by atoms with van der Waals surface area (Å²) in [5.74, 6) is -0.553. The highest BCUT2D eigenvalue weighted by atomic mass is 16.1. The zero-order chi connectivity index (χ0) is 11.5. The van der Waals surface area contributed by atoms with Gasteiger partial charge in [-0.2, -0.15) is 0 Å². The molecule has 0 saturated heterocycles. The Hall–Kier alpha value is -1.57. The predicted octanol–water partition coefficient (Wildman–Crippen LogP) is 0.662. The largest absolute Gasteiger partial charge is 0.299 e. The first-order valence-corrected chi connectivity index (χ1v) is 4.49. The van der Waals surface area contributed by atoms with Crippen LogP contribution in [0.1, 0.15) is 12.8 Å². The second-order valence-corrected chi connectivity index (χ2v) is 2.81. The third-order valence-corrected chi connectivity index (χ3v) is 1.78. The minimum Gasteiger partial charge on any atom is -0.299 e. The number of rotatable bonds is 8. The second-order valence-electron chi connectivity index (χ2n) is 2.81. The molecule has 0 amide bonds. The molecule has 0 bridgehead atoms. The van der Waals surface area contributed by atoms with Crippen molar-refractivity contribution in [3.05, 3.63) is 13.3 Å². The van der Waals surface area contributed by atoms with Crippen LogP contribution in [0.3, 0.4) is 0 Å². The van der Waals surface area contributed by atoms with Gasteiger partial charge >= 0.3 is 0 Å². The van der Waals surface area contributed by atoms with Crippen molar-refractivity contribution >= 4 is 17.9 Å². The van der Waals surface area contributed by atoms with Gasteiger partial charge in [0.1, 0.15) is 5.78 Å². The van der Waals surface area contributed by atoms with Gasteiger partial charge in [0.15, 0.2) is 0 Å². The Labute approximate surface area is 88.3 Å². The SMILES string of the molecule is [CH2]CCC(CN=C=O)C(=O)[CH]CN=C=O. The van der Waals surface area contributed by atoms with E-state index < -0.39 is 0 Å². The fourth-order valence-electron chi connectivity index (χ4n) is 1.06. The van der Waals surface area contributed by atoms with E-state index in [-0.39, 0.29) is 24.8 Å². The smallest absolute Gasteiger partial charge is 0.234 e. The number of aliphatic imine (C=N–C) groups is 2. The molecule has 1 atom stereocenters. The molecule has 2 radical (unpaired) electrons. The highest BCUT2D eigenvalue weighted by Crippen LogP contribution is 2.09. The molecule has 5 nitrogen and oxygen atoms in total. The van der Waals surface area contributed by atoms with Crippen LogP contribution in [0.4, 0.5) is 0 Å². The molecule has 0 aliphatic heterocycles. The van der Waals surface area contributed by atoms with Gasteiger partial charge in [0.25, 0.3) is 0 Å². The van der Waals surface area contributed by atoms with E-state index in [9.17, 15) is 14.4 Å². The van der Waals surface area contributed by atoms with Crippen molar-refractivity contribution in [2.24, 2.45) is 15.9 Å². The van der Waals surface area contributed by atoms with E-state index in [0.29, 0.717) is 12.8 Å². The van der Waals surface area contributed by atoms with E-state index in [2.05, 4.69) is 16.9 Å². The number of Topliss-reactive ketones (excluding diaryl/α,β-unsaturated/α-hetero) is 1. The Morgan fingerprint density at radius 2 is 2.00 bits per heavy atom. The third kappa shape index (κ3) is 6.49. The lowest BCUT2D eigenvalue weighted by Crippen LogP contribution is -2.19. The van der Waals surface area contributed by atoms with Crippen molar-refractivity contribution in [3.8, 4) is 0 Å². The van der Waals surface area contributed by atoms with Crippen molar-refractivity contribution in [2.45, 2.75) is 12.8 Å². The molecule has 0 aliphatic carbocycles. The Kier molecular flexibility index (Phi) is 8.06. The first-order valence-electron chi connectivity index (χ1n) is 4.49. The van der Waals surface area contributed by atoms with Crippen molar-refractivity contribution in [2.75, 3.05) is 13.1 Å². The van der Waals surface area contributed by atoms with E-state index in [0.717, 1.165) is 0 Å². The molecular formula is C10H12N2O3. The molecule has 15 heavy (non-hydrogen) atoms. The van der Waals surface area contributed by atoms with Crippen LogP contribution < -0.4 is 0 Å². The molecule has 0 heterocycles. The van der Waals surface area contributed by atoms with Gasteiger partial charge in [-0.25, -0.2) is 19.6 Å². The predicted molar refractivity (Wildman–Crippen MR) is 53.4 cm³/mol. The van der Waals surface area contributed by atoms with Gasteiger partial charge in [-0.1, -0.05) is 13.3 Å². The van der Waals surface area contributed by atoms with Crippen LogP contribution in [-0.2, 0) is 14.4 Å². The number of ketones is 1. The molecule has 0 spiro atoms. The van der Waals surface area contributed by atoms with Crippen LogP contribution in [0.2, 0.25) is 0 Å². The molecule has 0 rings (SSSR count). The summed E-state index contributed by atoms with van der Waals surface area (Å²) in [6.07, 6.45) is 5.12. The minimum absolute atomic E-state index is 0.0147. The van der Waals surface area contributed by atoms with E-state index in [1.54, 1.807) is 0 Å². The highest BCUT2D eigenvalue weighted by Gasteiger charge is 2.16. The maximum absolute atomic E-state index is 11.5. The summed E-state index contributed by atoms with van der Waals surface area (Å²) in [5.41, 5.74) is 0. The summed E-state index contributed by atoms with van der Waals surface area (Å²) in [4.78, 5) is 37.7. The van der Waals surface area contributed by atoms with Gasteiger partial charge in [-0.05, 0) is 6.42 Å². The van der Waals surface area contributed by atoms with Gasteiger partial charge in [0.05, 0.1) is 13.1 Å². The summed E-state index contributed by atoms with van der Waals surface area (Å²) in [7, 11) is 0. The number of hydrogen-bond donors (Lipinski definition) is 0. The van der Waals surface area contributed by atoms with Crippen LogP contribution in [0, 0.1) is 19.3 Å². The Morgan fingerprint density at radius 3 is 2.53 bits per heavy atom. The second kappa shape index (κ2) is 9.00. The van der Waals surface area contributed by atoms with Gasteiger partial charge in [-0.15, -0.1) is 0 Å². The molecule has 80 valence electrons. The summed E-state index contributed by atoms with van der Waals surface area (Å²) in [6.45, 7) is 3.75. The zero-order valence-electron chi connectivity index (χ0n) is 8.31. The number of carbonyl (C=O) groups excluding carboxylic acids is 3. The number of hydrogen-bond acceptors (Lipinski definition) is 5. The number of isocyanates is 2. The van der Waals surface area contributed by atoms with Crippen molar-refractivity contribution in [1.29, 1.82) is 0 Å². The summed E-state index contributed by atoms with van der Waals surface area (Å²) >= 11 is 0. The Bertz CT molecular complexity index is 289. The lowest BCUT2D eigenvalue weighted by Gasteiger charge is -2.09. The first kappa shape index (κ1) is 13.4. The summed E-state index contributed by atoms with van der Waals surface area (Å²) < 4.78 is 0. The average molecular weight is 208 g/mol. The summed E-state index contributed by atoms with van der Waals surface area (Å²) in [5, 5.41) is 0. The maximum Gasteiger partial charge on any atom is 0.234 e. The number of carbonyl (C=O) groups is 1. The van der Waals surface area contributed by atoms with Crippen LogP contribution in [0.25, 0.3) is 0 Å². The molecule has 0 aliphatic rings. The van der Waals surface area contributed by atoms with Gasteiger partial charge < -0.3 is 0 Å². The molecule has 0 N–H and O–H groups in total. The lowest BCUT2D eigenvalue weighted by atomic mass is 9.97. The van der Waals surface area contributed by atoms with Gasteiger partial charge in [-0.3, -0.25) is 4.79 Å². The Morgan fingerprint density at radius 1 is 1.33 bits per heavy atom. The average Bonchev–Trinajstić information content (AvgIpc) is 2.24. The van der Waals surface area contributed by atoms with E-state index in [1.807, 2.05) is 0 Å². The van der Waals surface area contributed by atoms with E-state index in [4.69, 9.17) is 0 Å². The van der Waals surface area contributed by atoms with Gasteiger partial charge in [0.2, 0.25) is 12.2 Å². The fraction of sp³-hybridized carbons (Fsp3) is 0.500. The van der Waals surface area contributed by atoms with Crippen LogP contribution in [-0.4, -0.2) is 31.0 Å². The highest BCUT2D eigenvalue weighted by molar-refractivity contribution is 5.89. The van der Waals surface area contributed by atoms with Gasteiger partial charge in [0, 0.05) is 12.3 Å². The molecule has 1 unspecified atom stereocenters.